The second-order valence-electron chi connectivity index (χ2n) is 11.3. The maximum absolute atomic E-state index is 13.1. The third-order valence-electron chi connectivity index (χ3n) is 7.46. The lowest BCUT2D eigenvalue weighted by Gasteiger charge is -2.11. The lowest BCUT2D eigenvalue weighted by atomic mass is 10.1. The van der Waals surface area contributed by atoms with E-state index in [0.29, 0.717) is 52.7 Å². The van der Waals surface area contributed by atoms with Gasteiger partial charge in [-0.3, -0.25) is 4.99 Å². The van der Waals surface area contributed by atoms with Gasteiger partial charge in [0.25, 0.3) is 0 Å². The minimum absolute atomic E-state index is 0.230. The van der Waals surface area contributed by atoms with Crippen LogP contribution in [0.3, 0.4) is 0 Å². The molecule has 0 aromatic heterocycles. The van der Waals surface area contributed by atoms with Crippen molar-refractivity contribution < 1.29 is 28.5 Å². The van der Waals surface area contributed by atoms with Crippen molar-refractivity contribution in [3.8, 4) is 29.1 Å². The highest BCUT2D eigenvalue weighted by Crippen LogP contribution is 2.27. The molecule has 0 bridgehead atoms. The van der Waals surface area contributed by atoms with Crippen molar-refractivity contribution >= 4 is 23.8 Å². The normalized spacial score (nSPS) is 10.8. The lowest BCUT2D eigenvalue weighted by molar-refractivity contribution is 0.0719. The summed E-state index contributed by atoms with van der Waals surface area (Å²) in [6.07, 6.45) is 10.4. The van der Waals surface area contributed by atoms with E-state index in [1.807, 2.05) is 0 Å². The largest absolute Gasteiger partial charge is 0.494 e. The minimum Gasteiger partial charge on any atom is -0.494 e. The van der Waals surface area contributed by atoms with Gasteiger partial charge in [-0.1, -0.05) is 52.4 Å². The molecule has 4 aromatic carbocycles. The summed E-state index contributed by atoms with van der Waals surface area (Å²) in [7, 11) is 0. The van der Waals surface area contributed by atoms with Crippen LogP contribution < -0.4 is 18.9 Å². The number of rotatable bonds is 18. The summed E-state index contributed by atoms with van der Waals surface area (Å²) in [6.45, 7) is 5.59. The number of benzene rings is 4. The van der Waals surface area contributed by atoms with Gasteiger partial charge in [0.1, 0.15) is 23.0 Å². The highest BCUT2D eigenvalue weighted by Gasteiger charge is 2.15. The summed E-state index contributed by atoms with van der Waals surface area (Å²) in [5, 5.41) is 9.10. The van der Waals surface area contributed by atoms with E-state index in [4.69, 9.17) is 24.2 Å². The maximum Gasteiger partial charge on any atom is 0.343 e. The zero-order valence-electron chi connectivity index (χ0n) is 27.7. The Bertz CT molecular complexity index is 1670. The number of nitrogens with zero attached hydrogens (tertiary/aromatic N) is 2. The lowest BCUT2D eigenvalue weighted by Crippen LogP contribution is -2.11. The van der Waals surface area contributed by atoms with Crippen molar-refractivity contribution in [3.63, 3.8) is 0 Å². The Labute approximate surface area is 283 Å². The van der Waals surface area contributed by atoms with Gasteiger partial charge in [0.2, 0.25) is 0 Å². The predicted molar refractivity (Wildman–Crippen MR) is 187 cm³/mol. The zero-order valence-corrected chi connectivity index (χ0v) is 27.7. The van der Waals surface area contributed by atoms with Crippen LogP contribution in [0, 0.1) is 11.3 Å². The molecule has 0 N–H and O–H groups in total. The molecule has 0 saturated heterocycles. The molecule has 0 saturated carbocycles. The molecule has 0 aliphatic rings. The standard InChI is InChI=1S/C40H42N2O6/c1-3-5-7-9-25-45-35-19-13-31(14-20-35)39(43)47-37-23-24-38(33(27-37)29-42-34-17-11-30(28-41)12-18-34)48-40(44)32-15-21-36(22-16-32)46-26-10-8-6-4-2/h11-24,27,29H,3-10,25-26H2,1-2H3. The van der Waals surface area contributed by atoms with Gasteiger partial charge in [-0.15, -0.1) is 0 Å². The van der Waals surface area contributed by atoms with Gasteiger partial charge in [-0.2, -0.15) is 5.26 Å². The number of ether oxygens (including phenoxy) is 4. The average Bonchev–Trinajstić information content (AvgIpc) is 3.12. The van der Waals surface area contributed by atoms with Gasteiger partial charge in [-0.05, 0) is 104 Å². The summed E-state index contributed by atoms with van der Waals surface area (Å²) in [5.41, 5.74) is 2.23. The van der Waals surface area contributed by atoms with Crippen LogP contribution in [0.25, 0.3) is 0 Å². The number of esters is 2. The molecule has 0 aliphatic carbocycles. The third kappa shape index (κ3) is 11.4. The third-order valence-corrected chi connectivity index (χ3v) is 7.46. The first-order chi connectivity index (χ1) is 23.5. The molecule has 8 heteroatoms. The molecule has 8 nitrogen and oxygen atoms in total. The molecule has 0 heterocycles. The zero-order chi connectivity index (χ0) is 34.0. The summed E-state index contributed by atoms with van der Waals surface area (Å²) >= 11 is 0. The topological polar surface area (TPSA) is 107 Å². The number of aliphatic imine (C=N–C) groups is 1. The molecule has 0 fully saturated rings. The van der Waals surface area contributed by atoms with Gasteiger partial charge in [0.15, 0.2) is 0 Å². The SMILES string of the molecule is CCCCCCOc1ccc(C(=O)Oc2ccc(OC(=O)c3ccc(OCCCCCC)cc3)c(C=Nc3ccc(C#N)cc3)c2)cc1. The van der Waals surface area contributed by atoms with E-state index >= 15 is 0 Å². The molecule has 0 radical (unpaired) electrons. The van der Waals surface area contributed by atoms with Crippen LogP contribution in [0.15, 0.2) is 96.0 Å². The first-order valence-electron chi connectivity index (χ1n) is 16.6. The minimum atomic E-state index is -0.560. The molecule has 0 spiro atoms. The molecular weight excluding hydrogens is 604 g/mol. The molecule has 0 aliphatic heterocycles. The van der Waals surface area contributed by atoms with E-state index in [1.54, 1.807) is 91.0 Å². The summed E-state index contributed by atoms with van der Waals surface area (Å²) in [6, 6.07) is 27.2. The Morgan fingerprint density at radius 2 is 1.17 bits per heavy atom. The monoisotopic (exact) mass is 646 g/mol. The average molecular weight is 647 g/mol. The van der Waals surface area contributed by atoms with Crippen LogP contribution in [-0.4, -0.2) is 31.4 Å². The smallest absolute Gasteiger partial charge is 0.343 e. The van der Waals surface area contributed by atoms with Crippen molar-refractivity contribution in [3.05, 3.63) is 113 Å². The molecular formula is C40H42N2O6. The summed E-state index contributed by atoms with van der Waals surface area (Å²) in [4.78, 5) is 30.6. The van der Waals surface area contributed by atoms with E-state index in [2.05, 4.69) is 24.9 Å². The quantitative estimate of drug-likeness (QED) is 0.0458. The predicted octanol–water partition coefficient (Wildman–Crippen LogP) is 9.67. The van der Waals surface area contributed by atoms with E-state index in [-0.39, 0.29) is 11.5 Å². The number of unbranched alkanes of at least 4 members (excludes halogenated alkanes) is 6. The number of nitriles is 1. The summed E-state index contributed by atoms with van der Waals surface area (Å²) < 4.78 is 23.0. The first-order valence-corrected chi connectivity index (χ1v) is 16.6. The van der Waals surface area contributed by atoms with Crippen LogP contribution in [0.4, 0.5) is 5.69 Å². The summed E-state index contributed by atoms with van der Waals surface area (Å²) in [5.74, 6) is 0.757. The Morgan fingerprint density at radius 3 is 1.69 bits per heavy atom. The Hall–Kier alpha value is -5.42. The van der Waals surface area contributed by atoms with Crippen molar-refractivity contribution in [1.29, 1.82) is 5.26 Å². The Morgan fingerprint density at radius 1 is 0.646 bits per heavy atom. The van der Waals surface area contributed by atoms with Gasteiger partial charge >= 0.3 is 11.9 Å². The van der Waals surface area contributed by atoms with E-state index in [0.717, 1.165) is 32.1 Å². The van der Waals surface area contributed by atoms with Gasteiger partial charge in [-0.25, -0.2) is 9.59 Å². The number of carbonyl (C=O) groups is 2. The Kier molecular flexibility index (Phi) is 14.2. The number of hydrogen-bond acceptors (Lipinski definition) is 8. The van der Waals surface area contributed by atoms with E-state index in [9.17, 15) is 9.59 Å². The highest BCUT2D eigenvalue weighted by molar-refractivity contribution is 5.94. The van der Waals surface area contributed by atoms with Crippen LogP contribution in [0.1, 0.15) is 97.1 Å². The second kappa shape index (κ2) is 19.3. The van der Waals surface area contributed by atoms with E-state index in [1.165, 1.54) is 25.5 Å². The molecule has 48 heavy (non-hydrogen) atoms. The first kappa shape index (κ1) is 35.4. The Balaban J connectivity index is 1.45. The van der Waals surface area contributed by atoms with Crippen molar-refractivity contribution in [2.24, 2.45) is 4.99 Å². The molecule has 0 amide bonds. The van der Waals surface area contributed by atoms with Crippen LogP contribution in [0.2, 0.25) is 0 Å². The number of carbonyl (C=O) groups excluding carboxylic acids is 2. The fourth-order valence-corrected chi connectivity index (χ4v) is 4.69. The fourth-order valence-electron chi connectivity index (χ4n) is 4.69. The van der Waals surface area contributed by atoms with Gasteiger partial charge in [0, 0.05) is 11.8 Å². The molecule has 4 aromatic rings. The van der Waals surface area contributed by atoms with E-state index < -0.39 is 11.9 Å². The second-order valence-corrected chi connectivity index (χ2v) is 11.3. The highest BCUT2D eigenvalue weighted by atomic mass is 16.5. The molecule has 248 valence electrons. The molecule has 0 unspecified atom stereocenters. The van der Waals surface area contributed by atoms with Gasteiger partial charge < -0.3 is 18.9 Å². The molecule has 4 rings (SSSR count). The maximum atomic E-state index is 13.1. The number of hydrogen-bond donors (Lipinski definition) is 0. The van der Waals surface area contributed by atoms with Crippen molar-refractivity contribution in [1.82, 2.24) is 0 Å². The van der Waals surface area contributed by atoms with Gasteiger partial charge in [0.05, 0.1) is 41.7 Å². The van der Waals surface area contributed by atoms with Crippen molar-refractivity contribution in [2.45, 2.75) is 65.2 Å². The van der Waals surface area contributed by atoms with Crippen molar-refractivity contribution in [2.75, 3.05) is 13.2 Å². The fraction of sp³-hybridized carbons (Fsp3) is 0.300. The van der Waals surface area contributed by atoms with Crippen LogP contribution in [-0.2, 0) is 0 Å². The van der Waals surface area contributed by atoms with Crippen LogP contribution in [0.5, 0.6) is 23.0 Å². The molecule has 0 atom stereocenters. The van der Waals surface area contributed by atoms with Crippen LogP contribution >= 0.6 is 0 Å².